The number of ether oxygens (including phenoxy) is 1. The van der Waals surface area contributed by atoms with Gasteiger partial charge in [-0.15, -0.1) is 0 Å². The summed E-state index contributed by atoms with van der Waals surface area (Å²) in [6, 6.07) is 16.2. The standard InChI is InChI=1S/C20H24N2O3/c1-4-18(23)21-19(16-10-6-5-7-11-16)20(24)22(2)14-15-9-8-12-17(13-15)25-3/h5-13,19H,4,14H2,1-3H3,(H,21,23)/t19-/m1/s1. The molecule has 1 atom stereocenters. The van der Waals surface area contributed by atoms with Crippen LogP contribution in [0.2, 0.25) is 0 Å². The predicted molar refractivity (Wildman–Crippen MR) is 97.1 cm³/mol. The van der Waals surface area contributed by atoms with Crippen molar-refractivity contribution in [1.29, 1.82) is 0 Å². The van der Waals surface area contributed by atoms with Crippen LogP contribution in [0.4, 0.5) is 0 Å². The molecule has 0 fully saturated rings. The molecule has 5 nitrogen and oxygen atoms in total. The van der Waals surface area contributed by atoms with Crippen molar-refractivity contribution >= 4 is 11.8 Å². The van der Waals surface area contributed by atoms with Crippen molar-refractivity contribution in [2.75, 3.05) is 14.2 Å². The molecule has 0 aliphatic carbocycles. The second-order valence-corrected chi connectivity index (χ2v) is 5.81. The molecule has 2 aromatic rings. The number of likely N-dealkylation sites (N-methyl/N-ethyl adjacent to an activating group) is 1. The number of carbonyl (C=O) groups is 2. The Kier molecular flexibility index (Phi) is 6.57. The van der Waals surface area contributed by atoms with Crippen molar-refractivity contribution in [2.45, 2.75) is 25.9 Å². The molecular formula is C20H24N2O3. The van der Waals surface area contributed by atoms with Crippen molar-refractivity contribution in [3.05, 3.63) is 65.7 Å². The third kappa shape index (κ3) is 5.08. The predicted octanol–water partition coefficient (Wildman–Crippen LogP) is 2.92. The van der Waals surface area contributed by atoms with E-state index in [9.17, 15) is 9.59 Å². The molecule has 132 valence electrons. The molecule has 0 saturated heterocycles. The third-order valence-corrected chi connectivity index (χ3v) is 3.94. The fourth-order valence-electron chi connectivity index (χ4n) is 2.54. The average molecular weight is 340 g/mol. The number of amides is 2. The highest BCUT2D eigenvalue weighted by Gasteiger charge is 2.25. The number of methoxy groups -OCH3 is 1. The van der Waals surface area contributed by atoms with Gasteiger partial charge in [0, 0.05) is 20.0 Å². The van der Waals surface area contributed by atoms with E-state index in [0.717, 1.165) is 16.9 Å². The fraction of sp³-hybridized carbons (Fsp3) is 0.300. The Morgan fingerprint density at radius 2 is 1.84 bits per heavy atom. The summed E-state index contributed by atoms with van der Waals surface area (Å²) in [6.07, 6.45) is 0.330. The topological polar surface area (TPSA) is 58.6 Å². The first-order valence-corrected chi connectivity index (χ1v) is 8.27. The summed E-state index contributed by atoms with van der Waals surface area (Å²) in [4.78, 5) is 26.4. The molecule has 2 aromatic carbocycles. The second kappa shape index (κ2) is 8.87. The maximum absolute atomic E-state index is 12.9. The van der Waals surface area contributed by atoms with E-state index >= 15 is 0 Å². The van der Waals surface area contributed by atoms with Crippen LogP contribution in [0.1, 0.15) is 30.5 Å². The van der Waals surface area contributed by atoms with Crippen molar-refractivity contribution in [3.63, 3.8) is 0 Å². The summed E-state index contributed by atoms with van der Waals surface area (Å²) < 4.78 is 5.22. The van der Waals surface area contributed by atoms with E-state index in [1.165, 1.54) is 0 Å². The number of benzene rings is 2. The fourth-order valence-corrected chi connectivity index (χ4v) is 2.54. The van der Waals surface area contributed by atoms with Crippen LogP contribution in [0.15, 0.2) is 54.6 Å². The summed E-state index contributed by atoms with van der Waals surface area (Å²) >= 11 is 0. The van der Waals surface area contributed by atoms with Gasteiger partial charge in [-0.2, -0.15) is 0 Å². The van der Waals surface area contributed by atoms with Gasteiger partial charge in [0.2, 0.25) is 11.8 Å². The van der Waals surface area contributed by atoms with E-state index in [1.54, 1.807) is 26.0 Å². The van der Waals surface area contributed by atoms with E-state index < -0.39 is 6.04 Å². The van der Waals surface area contributed by atoms with Gasteiger partial charge in [-0.1, -0.05) is 49.4 Å². The Morgan fingerprint density at radius 1 is 1.12 bits per heavy atom. The zero-order chi connectivity index (χ0) is 18.2. The molecule has 5 heteroatoms. The molecule has 0 bridgehead atoms. The van der Waals surface area contributed by atoms with Crippen LogP contribution < -0.4 is 10.1 Å². The van der Waals surface area contributed by atoms with Gasteiger partial charge in [-0.3, -0.25) is 9.59 Å². The molecule has 0 aliphatic heterocycles. The molecule has 25 heavy (non-hydrogen) atoms. The van der Waals surface area contributed by atoms with E-state index in [4.69, 9.17) is 4.74 Å². The van der Waals surface area contributed by atoms with Gasteiger partial charge in [-0.05, 0) is 23.3 Å². The third-order valence-electron chi connectivity index (χ3n) is 3.94. The van der Waals surface area contributed by atoms with Crippen molar-refractivity contribution in [2.24, 2.45) is 0 Å². The van der Waals surface area contributed by atoms with Crippen LogP contribution in [0.25, 0.3) is 0 Å². The molecule has 0 aromatic heterocycles. The molecule has 0 heterocycles. The van der Waals surface area contributed by atoms with Crippen molar-refractivity contribution in [1.82, 2.24) is 10.2 Å². The van der Waals surface area contributed by atoms with Gasteiger partial charge in [0.25, 0.3) is 0 Å². The molecular weight excluding hydrogens is 316 g/mol. The minimum atomic E-state index is -0.691. The first kappa shape index (κ1) is 18.5. The largest absolute Gasteiger partial charge is 0.497 e. The number of rotatable bonds is 7. The number of nitrogens with one attached hydrogen (secondary N) is 1. The van der Waals surface area contributed by atoms with Crippen LogP contribution in [0.3, 0.4) is 0 Å². The minimum Gasteiger partial charge on any atom is -0.497 e. The quantitative estimate of drug-likeness (QED) is 0.843. The highest BCUT2D eigenvalue weighted by atomic mass is 16.5. The summed E-state index contributed by atoms with van der Waals surface area (Å²) in [5.74, 6) is 0.435. The lowest BCUT2D eigenvalue weighted by atomic mass is 10.0. The van der Waals surface area contributed by atoms with E-state index in [2.05, 4.69) is 5.32 Å². The Bertz CT molecular complexity index is 716. The molecule has 0 radical (unpaired) electrons. The molecule has 0 unspecified atom stereocenters. The van der Waals surface area contributed by atoms with Gasteiger partial charge in [0.15, 0.2) is 0 Å². The van der Waals surface area contributed by atoms with Crippen LogP contribution in [0.5, 0.6) is 5.75 Å². The van der Waals surface area contributed by atoms with Gasteiger partial charge < -0.3 is 15.0 Å². The number of hydrogen-bond donors (Lipinski definition) is 1. The van der Waals surface area contributed by atoms with E-state index in [1.807, 2.05) is 54.6 Å². The Labute approximate surface area is 148 Å². The average Bonchev–Trinajstić information content (AvgIpc) is 2.66. The molecule has 0 aliphatic rings. The first-order chi connectivity index (χ1) is 12.0. The molecule has 1 N–H and O–H groups in total. The molecule has 0 saturated carbocycles. The summed E-state index contributed by atoms with van der Waals surface area (Å²) in [5.41, 5.74) is 1.73. The first-order valence-electron chi connectivity index (χ1n) is 8.27. The Morgan fingerprint density at radius 3 is 2.48 bits per heavy atom. The normalized spacial score (nSPS) is 11.5. The highest BCUT2D eigenvalue weighted by Crippen LogP contribution is 2.18. The summed E-state index contributed by atoms with van der Waals surface area (Å²) in [6.45, 7) is 2.20. The van der Waals surface area contributed by atoms with E-state index in [-0.39, 0.29) is 11.8 Å². The molecule has 0 spiro atoms. The van der Waals surface area contributed by atoms with Crippen LogP contribution in [-0.4, -0.2) is 30.9 Å². The smallest absolute Gasteiger partial charge is 0.249 e. The monoisotopic (exact) mass is 340 g/mol. The van der Waals surface area contributed by atoms with Crippen LogP contribution >= 0.6 is 0 Å². The molecule has 2 amide bonds. The lowest BCUT2D eigenvalue weighted by Gasteiger charge is -2.25. The summed E-state index contributed by atoms with van der Waals surface area (Å²) in [7, 11) is 3.34. The van der Waals surface area contributed by atoms with Crippen LogP contribution in [0, 0.1) is 0 Å². The van der Waals surface area contributed by atoms with E-state index in [0.29, 0.717) is 13.0 Å². The highest BCUT2D eigenvalue weighted by molar-refractivity contribution is 5.88. The lowest BCUT2D eigenvalue weighted by Crippen LogP contribution is -2.40. The van der Waals surface area contributed by atoms with Gasteiger partial charge in [0.05, 0.1) is 7.11 Å². The number of carbonyl (C=O) groups excluding carboxylic acids is 2. The SMILES string of the molecule is CCC(=O)N[C@@H](C(=O)N(C)Cc1cccc(OC)c1)c1ccccc1. The number of nitrogens with zero attached hydrogens (tertiary/aromatic N) is 1. The zero-order valence-electron chi connectivity index (χ0n) is 14.9. The Balaban J connectivity index is 2.18. The Hall–Kier alpha value is -2.82. The molecule has 2 rings (SSSR count). The summed E-state index contributed by atoms with van der Waals surface area (Å²) in [5, 5.41) is 2.82. The van der Waals surface area contributed by atoms with Gasteiger partial charge in [-0.25, -0.2) is 0 Å². The van der Waals surface area contributed by atoms with Crippen molar-refractivity contribution in [3.8, 4) is 5.75 Å². The zero-order valence-corrected chi connectivity index (χ0v) is 14.9. The van der Waals surface area contributed by atoms with Crippen LogP contribution in [-0.2, 0) is 16.1 Å². The minimum absolute atomic E-state index is 0.156. The van der Waals surface area contributed by atoms with Gasteiger partial charge >= 0.3 is 0 Å². The maximum atomic E-state index is 12.9. The number of hydrogen-bond acceptors (Lipinski definition) is 3. The van der Waals surface area contributed by atoms with Crippen molar-refractivity contribution < 1.29 is 14.3 Å². The maximum Gasteiger partial charge on any atom is 0.249 e. The lowest BCUT2D eigenvalue weighted by molar-refractivity contribution is -0.136. The van der Waals surface area contributed by atoms with Gasteiger partial charge in [0.1, 0.15) is 11.8 Å². The second-order valence-electron chi connectivity index (χ2n) is 5.81.